The van der Waals surface area contributed by atoms with Gasteiger partial charge in [-0.15, -0.1) is 0 Å². The van der Waals surface area contributed by atoms with Crippen molar-refractivity contribution in [3.8, 4) is 5.75 Å². The molecule has 1 heteroatoms. The molecule has 0 aliphatic rings. The van der Waals surface area contributed by atoms with Crippen LogP contribution in [0.1, 0.15) is 25.0 Å². The number of fused-ring (bicyclic) bond motifs is 1. The molecule has 1 N–H and O–H groups in total. The second-order valence-corrected chi connectivity index (χ2v) is 3.83. The van der Waals surface area contributed by atoms with E-state index in [1.807, 2.05) is 6.07 Å². The Morgan fingerprint density at radius 1 is 1.00 bits per heavy atom. The van der Waals surface area contributed by atoms with Crippen molar-refractivity contribution >= 4 is 10.8 Å². The number of hydrogen-bond donors (Lipinski definition) is 1. The molecule has 0 radical (unpaired) electrons. The van der Waals surface area contributed by atoms with Gasteiger partial charge in [-0.2, -0.15) is 0 Å². The summed E-state index contributed by atoms with van der Waals surface area (Å²) >= 11 is 0. The fourth-order valence-corrected chi connectivity index (χ4v) is 2.01. The van der Waals surface area contributed by atoms with Crippen LogP contribution in [0.3, 0.4) is 0 Å². The second kappa shape index (κ2) is 3.93. The first-order valence-electron chi connectivity index (χ1n) is 5.49. The highest BCUT2D eigenvalue weighted by Crippen LogP contribution is 2.28. The minimum Gasteiger partial charge on any atom is -0.508 e. The van der Waals surface area contributed by atoms with Gasteiger partial charge in [-0.05, 0) is 35.2 Å². The molecule has 0 amide bonds. The van der Waals surface area contributed by atoms with Gasteiger partial charge in [0.15, 0.2) is 0 Å². The van der Waals surface area contributed by atoms with E-state index in [4.69, 9.17) is 0 Å². The zero-order valence-electron chi connectivity index (χ0n) is 9.25. The Morgan fingerprint density at radius 2 is 1.73 bits per heavy atom. The summed E-state index contributed by atoms with van der Waals surface area (Å²) in [7, 11) is 0. The molecule has 0 aromatic heterocycles. The van der Waals surface area contributed by atoms with E-state index < -0.39 is 0 Å². The van der Waals surface area contributed by atoms with Crippen LogP contribution in [0.2, 0.25) is 0 Å². The Morgan fingerprint density at radius 3 is 2.40 bits per heavy atom. The minimum atomic E-state index is 0.415. The molecule has 2 aromatic carbocycles. The molecule has 0 bridgehead atoms. The predicted octanol–water partition coefficient (Wildman–Crippen LogP) is 3.67. The van der Waals surface area contributed by atoms with Gasteiger partial charge in [0, 0.05) is 5.56 Å². The van der Waals surface area contributed by atoms with Crippen molar-refractivity contribution in [2.24, 2.45) is 0 Å². The maximum absolute atomic E-state index is 9.77. The van der Waals surface area contributed by atoms with Gasteiger partial charge in [0.2, 0.25) is 0 Å². The minimum absolute atomic E-state index is 0.415. The molecule has 15 heavy (non-hydrogen) atoms. The number of benzene rings is 2. The average Bonchev–Trinajstić information content (AvgIpc) is 2.28. The van der Waals surface area contributed by atoms with Crippen LogP contribution >= 0.6 is 0 Å². The Bertz CT molecular complexity index is 486. The molecule has 0 fully saturated rings. The van der Waals surface area contributed by atoms with E-state index in [0.717, 1.165) is 18.4 Å². The Kier molecular flexibility index (Phi) is 2.63. The number of rotatable bonds is 2. The van der Waals surface area contributed by atoms with Crippen LogP contribution in [0, 0.1) is 0 Å². The highest BCUT2D eigenvalue weighted by atomic mass is 16.3. The van der Waals surface area contributed by atoms with Gasteiger partial charge in [-0.25, -0.2) is 0 Å². The Balaban J connectivity index is 2.76. The van der Waals surface area contributed by atoms with Gasteiger partial charge in [0.1, 0.15) is 5.75 Å². The van der Waals surface area contributed by atoms with Gasteiger partial charge in [0.05, 0.1) is 0 Å². The van der Waals surface area contributed by atoms with Gasteiger partial charge in [-0.3, -0.25) is 0 Å². The van der Waals surface area contributed by atoms with Gasteiger partial charge in [0.25, 0.3) is 0 Å². The van der Waals surface area contributed by atoms with E-state index >= 15 is 0 Å². The molecule has 0 unspecified atom stereocenters. The summed E-state index contributed by atoms with van der Waals surface area (Å²) in [5.41, 5.74) is 2.38. The molecule has 0 saturated heterocycles. The lowest BCUT2D eigenvalue weighted by Gasteiger charge is -2.08. The molecule has 0 saturated carbocycles. The fraction of sp³-hybridized carbons (Fsp3) is 0.286. The zero-order valence-corrected chi connectivity index (χ0v) is 9.25. The number of phenolic OH excluding ortho intramolecular Hbond substituents is 1. The van der Waals surface area contributed by atoms with Gasteiger partial charge < -0.3 is 5.11 Å². The van der Waals surface area contributed by atoms with Crippen molar-refractivity contribution in [2.45, 2.75) is 26.7 Å². The molecule has 78 valence electrons. The summed E-state index contributed by atoms with van der Waals surface area (Å²) < 4.78 is 0. The third-order valence-corrected chi connectivity index (χ3v) is 2.93. The van der Waals surface area contributed by atoms with Crippen LogP contribution in [0.5, 0.6) is 5.75 Å². The molecule has 0 aliphatic carbocycles. The lowest BCUT2D eigenvalue weighted by atomic mass is 9.99. The lowest BCUT2D eigenvalue weighted by molar-refractivity contribution is 0.470. The molecule has 0 spiro atoms. The summed E-state index contributed by atoms with van der Waals surface area (Å²) in [5, 5.41) is 12.2. The number of aryl methyl sites for hydroxylation is 2. The summed E-state index contributed by atoms with van der Waals surface area (Å²) in [6.07, 6.45) is 1.91. The quantitative estimate of drug-likeness (QED) is 0.784. The van der Waals surface area contributed by atoms with Crippen molar-refractivity contribution in [3.63, 3.8) is 0 Å². The number of hydrogen-bond acceptors (Lipinski definition) is 1. The molecule has 2 aromatic rings. The van der Waals surface area contributed by atoms with E-state index in [1.165, 1.54) is 16.3 Å². The van der Waals surface area contributed by atoms with Gasteiger partial charge >= 0.3 is 0 Å². The Labute approximate surface area is 90.4 Å². The van der Waals surface area contributed by atoms with Crippen molar-refractivity contribution < 1.29 is 5.11 Å². The van der Waals surface area contributed by atoms with Crippen LogP contribution < -0.4 is 0 Å². The maximum atomic E-state index is 9.77. The van der Waals surface area contributed by atoms with Crippen LogP contribution in [0.25, 0.3) is 10.8 Å². The van der Waals surface area contributed by atoms with E-state index in [0.29, 0.717) is 5.75 Å². The second-order valence-electron chi connectivity index (χ2n) is 3.83. The highest BCUT2D eigenvalue weighted by molar-refractivity contribution is 5.88. The molecule has 0 heterocycles. The number of phenols is 1. The molecular formula is C14H16O. The highest BCUT2D eigenvalue weighted by Gasteiger charge is 2.05. The van der Waals surface area contributed by atoms with E-state index in [2.05, 4.69) is 32.0 Å². The smallest absolute Gasteiger partial charge is 0.119 e. The lowest BCUT2D eigenvalue weighted by Crippen LogP contribution is -1.87. The monoisotopic (exact) mass is 200 g/mol. The predicted molar refractivity (Wildman–Crippen MR) is 64.4 cm³/mol. The summed E-state index contributed by atoms with van der Waals surface area (Å²) in [4.78, 5) is 0. The average molecular weight is 200 g/mol. The largest absolute Gasteiger partial charge is 0.508 e. The van der Waals surface area contributed by atoms with Crippen molar-refractivity contribution in [1.82, 2.24) is 0 Å². The first-order chi connectivity index (χ1) is 7.26. The molecule has 0 aliphatic heterocycles. The first-order valence-corrected chi connectivity index (χ1v) is 5.49. The van der Waals surface area contributed by atoms with Crippen molar-refractivity contribution in [3.05, 3.63) is 41.5 Å². The zero-order chi connectivity index (χ0) is 10.8. The Hall–Kier alpha value is -1.50. The van der Waals surface area contributed by atoms with Crippen molar-refractivity contribution in [1.29, 1.82) is 0 Å². The van der Waals surface area contributed by atoms with Gasteiger partial charge in [-0.1, -0.05) is 38.1 Å². The summed E-state index contributed by atoms with van der Waals surface area (Å²) in [5.74, 6) is 0.415. The maximum Gasteiger partial charge on any atom is 0.119 e. The normalized spacial score (nSPS) is 10.8. The van der Waals surface area contributed by atoms with E-state index in [-0.39, 0.29) is 0 Å². The van der Waals surface area contributed by atoms with Crippen LogP contribution in [0.4, 0.5) is 0 Å². The third-order valence-electron chi connectivity index (χ3n) is 2.93. The number of aromatic hydroxyl groups is 1. The first kappa shape index (κ1) is 10.0. The van der Waals surface area contributed by atoms with E-state index in [9.17, 15) is 5.11 Å². The van der Waals surface area contributed by atoms with Crippen molar-refractivity contribution in [2.75, 3.05) is 0 Å². The molecule has 1 nitrogen and oxygen atoms in total. The topological polar surface area (TPSA) is 20.2 Å². The van der Waals surface area contributed by atoms with Crippen LogP contribution in [-0.4, -0.2) is 5.11 Å². The fourth-order valence-electron chi connectivity index (χ4n) is 2.01. The van der Waals surface area contributed by atoms with Crippen LogP contribution in [-0.2, 0) is 12.8 Å². The standard InChI is InChI=1S/C14H16O/c1-3-10-5-6-11-7-8-14(15)12(4-2)13(11)9-10/h5-9,15H,3-4H2,1-2H3. The third kappa shape index (κ3) is 1.70. The molecular weight excluding hydrogens is 184 g/mol. The van der Waals surface area contributed by atoms with Crippen LogP contribution in [0.15, 0.2) is 30.3 Å². The summed E-state index contributed by atoms with van der Waals surface area (Å²) in [6.45, 7) is 4.22. The molecule has 2 rings (SSSR count). The summed E-state index contributed by atoms with van der Waals surface area (Å²) in [6, 6.07) is 10.2. The SMILES string of the molecule is CCc1ccc2ccc(O)c(CC)c2c1. The molecule has 0 atom stereocenters. The van der Waals surface area contributed by atoms with E-state index in [1.54, 1.807) is 6.07 Å².